The van der Waals surface area contributed by atoms with E-state index in [4.69, 9.17) is 15.4 Å². The molecule has 0 unspecified atom stereocenters. The van der Waals surface area contributed by atoms with E-state index in [1.807, 2.05) is 0 Å². The van der Waals surface area contributed by atoms with Gasteiger partial charge in [-0.15, -0.1) is 0 Å². The molecule has 0 bridgehead atoms. The van der Waals surface area contributed by atoms with E-state index in [0.29, 0.717) is 6.42 Å². The van der Waals surface area contributed by atoms with Gasteiger partial charge in [0.15, 0.2) is 0 Å². The first-order valence-corrected chi connectivity index (χ1v) is 6.60. The topological polar surface area (TPSA) is 43.4 Å². The quantitative estimate of drug-likeness (QED) is 0.667. The van der Waals surface area contributed by atoms with Crippen molar-refractivity contribution >= 4 is 19.7 Å². The van der Waals surface area contributed by atoms with Crippen molar-refractivity contribution in [1.82, 2.24) is 0 Å². The molecule has 1 aliphatic heterocycles. The summed E-state index contributed by atoms with van der Waals surface area (Å²) in [5, 5.41) is 0. The Morgan fingerprint density at radius 2 is 2.17 bits per heavy atom. The maximum absolute atomic E-state index is 10.6. The first-order valence-electron chi connectivity index (χ1n) is 4.12. The van der Waals surface area contributed by atoms with Gasteiger partial charge >= 0.3 is 0 Å². The van der Waals surface area contributed by atoms with Gasteiger partial charge in [0.2, 0.25) is 9.05 Å². The van der Waals surface area contributed by atoms with Gasteiger partial charge < -0.3 is 4.74 Å². The van der Waals surface area contributed by atoms with Gasteiger partial charge in [-0.25, -0.2) is 8.42 Å². The predicted molar refractivity (Wildman–Crippen MR) is 47.8 cm³/mol. The van der Waals surface area contributed by atoms with Gasteiger partial charge in [-0.05, 0) is 25.7 Å². The normalized spacial score (nSPS) is 25.6. The number of rotatable bonds is 3. The molecule has 5 heteroatoms. The average molecular weight is 213 g/mol. The van der Waals surface area contributed by atoms with Gasteiger partial charge in [-0.2, -0.15) is 0 Å². The summed E-state index contributed by atoms with van der Waals surface area (Å²) in [5.41, 5.74) is 0. The zero-order valence-corrected chi connectivity index (χ0v) is 8.40. The molecule has 0 aromatic rings. The van der Waals surface area contributed by atoms with E-state index in [1.165, 1.54) is 0 Å². The predicted octanol–water partition coefficient (Wildman–Crippen LogP) is 1.51. The van der Waals surface area contributed by atoms with Crippen molar-refractivity contribution in [2.24, 2.45) is 0 Å². The van der Waals surface area contributed by atoms with Crippen molar-refractivity contribution in [2.45, 2.75) is 31.8 Å². The summed E-state index contributed by atoms with van der Waals surface area (Å²) in [6.07, 6.45) is 3.82. The Bertz CT molecular complexity index is 219. The van der Waals surface area contributed by atoms with Crippen LogP contribution in [0.15, 0.2) is 0 Å². The lowest BCUT2D eigenvalue weighted by atomic mass is 10.1. The Morgan fingerprint density at radius 1 is 1.42 bits per heavy atom. The molecule has 0 aromatic carbocycles. The summed E-state index contributed by atoms with van der Waals surface area (Å²) in [6, 6.07) is 0. The minimum absolute atomic E-state index is 0.0270. The molecule has 1 saturated heterocycles. The third-order valence-corrected chi connectivity index (χ3v) is 3.14. The van der Waals surface area contributed by atoms with E-state index >= 15 is 0 Å². The Labute approximate surface area is 77.5 Å². The van der Waals surface area contributed by atoms with Crippen LogP contribution in [-0.2, 0) is 13.8 Å². The second-order valence-electron chi connectivity index (χ2n) is 3.02. The van der Waals surface area contributed by atoms with Crippen molar-refractivity contribution in [2.75, 3.05) is 12.4 Å². The van der Waals surface area contributed by atoms with Crippen LogP contribution < -0.4 is 0 Å². The average Bonchev–Trinajstić information content (AvgIpc) is 2.02. The molecule has 0 N–H and O–H groups in total. The summed E-state index contributed by atoms with van der Waals surface area (Å²) < 4.78 is 26.5. The zero-order chi connectivity index (χ0) is 9.03. The van der Waals surface area contributed by atoms with Crippen LogP contribution in [0.25, 0.3) is 0 Å². The highest BCUT2D eigenvalue weighted by atomic mass is 35.7. The van der Waals surface area contributed by atoms with Crippen molar-refractivity contribution in [3.05, 3.63) is 0 Å². The molecule has 0 saturated carbocycles. The van der Waals surface area contributed by atoms with Gasteiger partial charge in [-0.1, -0.05) is 0 Å². The van der Waals surface area contributed by atoms with Crippen molar-refractivity contribution < 1.29 is 13.2 Å². The van der Waals surface area contributed by atoms with Crippen molar-refractivity contribution in [3.63, 3.8) is 0 Å². The molecule has 72 valence electrons. The van der Waals surface area contributed by atoms with Crippen molar-refractivity contribution in [1.29, 1.82) is 0 Å². The van der Waals surface area contributed by atoms with E-state index < -0.39 is 9.05 Å². The number of ether oxygens (including phenoxy) is 1. The highest BCUT2D eigenvalue weighted by molar-refractivity contribution is 8.13. The van der Waals surface area contributed by atoms with Gasteiger partial charge in [0.05, 0.1) is 11.9 Å². The minimum Gasteiger partial charge on any atom is -0.378 e. The molecule has 0 aliphatic carbocycles. The number of hydrogen-bond acceptors (Lipinski definition) is 3. The summed E-state index contributed by atoms with van der Waals surface area (Å²) in [5.74, 6) is 0.0270. The molecule has 0 aromatic heterocycles. The third-order valence-electron chi connectivity index (χ3n) is 1.96. The summed E-state index contributed by atoms with van der Waals surface area (Å²) in [6.45, 7) is 0.757. The molecule has 1 rings (SSSR count). The molecular weight excluding hydrogens is 200 g/mol. The van der Waals surface area contributed by atoms with Crippen LogP contribution in [-0.4, -0.2) is 26.9 Å². The smallest absolute Gasteiger partial charge is 0.232 e. The summed E-state index contributed by atoms with van der Waals surface area (Å²) >= 11 is 0. The fraction of sp³-hybridized carbons (Fsp3) is 1.00. The lowest BCUT2D eigenvalue weighted by Gasteiger charge is -2.21. The number of halogens is 1. The first kappa shape index (κ1) is 10.3. The first-order chi connectivity index (χ1) is 5.58. The van der Waals surface area contributed by atoms with E-state index in [1.54, 1.807) is 0 Å². The molecule has 3 nitrogen and oxygen atoms in total. The lowest BCUT2D eigenvalue weighted by Crippen LogP contribution is -2.21. The molecular formula is C7H13ClO3S. The summed E-state index contributed by atoms with van der Waals surface area (Å²) in [4.78, 5) is 0. The van der Waals surface area contributed by atoms with Crippen LogP contribution in [0.5, 0.6) is 0 Å². The Balaban J connectivity index is 2.22. The Hall–Kier alpha value is 0.200. The van der Waals surface area contributed by atoms with Crippen LogP contribution in [0.1, 0.15) is 25.7 Å². The van der Waals surface area contributed by atoms with Gasteiger partial charge in [0, 0.05) is 17.3 Å². The van der Waals surface area contributed by atoms with Crippen LogP contribution >= 0.6 is 10.7 Å². The van der Waals surface area contributed by atoms with Gasteiger partial charge in [-0.3, -0.25) is 0 Å². The van der Waals surface area contributed by atoms with Crippen LogP contribution in [0.3, 0.4) is 0 Å². The molecule has 1 fully saturated rings. The van der Waals surface area contributed by atoms with E-state index in [9.17, 15) is 8.42 Å². The fourth-order valence-electron chi connectivity index (χ4n) is 1.31. The van der Waals surface area contributed by atoms with Gasteiger partial charge in [0.25, 0.3) is 0 Å². The standard InChI is InChI=1S/C7H13ClO3S/c8-12(9,10)6-4-7-3-1-2-5-11-7/h7H,1-6H2/t7-/m0/s1. The molecule has 12 heavy (non-hydrogen) atoms. The lowest BCUT2D eigenvalue weighted by molar-refractivity contribution is 0.0148. The fourth-order valence-corrected chi connectivity index (χ4v) is 2.12. The van der Waals surface area contributed by atoms with Crippen LogP contribution in [0, 0.1) is 0 Å². The van der Waals surface area contributed by atoms with E-state index in [2.05, 4.69) is 0 Å². The van der Waals surface area contributed by atoms with E-state index in [-0.39, 0.29) is 11.9 Å². The SMILES string of the molecule is O=S(=O)(Cl)CC[C@@H]1CCCCO1. The van der Waals surface area contributed by atoms with Crippen LogP contribution in [0.2, 0.25) is 0 Å². The maximum Gasteiger partial charge on any atom is 0.232 e. The summed E-state index contributed by atoms with van der Waals surface area (Å²) in [7, 11) is 1.74. The van der Waals surface area contributed by atoms with Gasteiger partial charge in [0.1, 0.15) is 0 Å². The second kappa shape index (κ2) is 4.44. The maximum atomic E-state index is 10.6. The highest BCUT2D eigenvalue weighted by Gasteiger charge is 2.16. The molecule has 0 spiro atoms. The Morgan fingerprint density at radius 3 is 2.67 bits per heavy atom. The zero-order valence-electron chi connectivity index (χ0n) is 6.83. The van der Waals surface area contributed by atoms with E-state index in [0.717, 1.165) is 25.9 Å². The van der Waals surface area contributed by atoms with Crippen molar-refractivity contribution in [3.8, 4) is 0 Å². The second-order valence-corrected chi connectivity index (χ2v) is 5.92. The molecule has 0 radical (unpaired) electrons. The largest absolute Gasteiger partial charge is 0.378 e. The monoisotopic (exact) mass is 212 g/mol. The molecule has 0 amide bonds. The number of hydrogen-bond donors (Lipinski definition) is 0. The molecule has 1 heterocycles. The minimum atomic E-state index is -3.33. The highest BCUT2D eigenvalue weighted by Crippen LogP contribution is 2.16. The third kappa shape index (κ3) is 4.28. The molecule has 1 atom stereocenters. The van der Waals surface area contributed by atoms with Crippen LogP contribution in [0.4, 0.5) is 0 Å². The molecule has 1 aliphatic rings. The Kier molecular flexibility index (Phi) is 3.80.